The zero-order valence-corrected chi connectivity index (χ0v) is 12.6. The Morgan fingerprint density at radius 1 is 1.43 bits per heavy atom. The van der Waals surface area contributed by atoms with E-state index in [9.17, 15) is 9.18 Å². The number of carbonyl (C=O) groups is 1. The molecule has 1 aromatic carbocycles. The molecule has 0 saturated carbocycles. The fourth-order valence-corrected chi connectivity index (χ4v) is 3.77. The van der Waals surface area contributed by atoms with Crippen molar-refractivity contribution in [1.29, 1.82) is 0 Å². The molecule has 0 aliphatic heterocycles. The van der Waals surface area contributed by atoms with Crippen LogP contribution in [0.2, 0.25) is 0 Å². The lowest BCUT2D eigenvalue weighted by Crippen LogP contribution is -2.26. The predicted octanol–water partition coefficient (Wildman–Crippen LogP) is 3.03. The molecule has 0 spiro atoms. The fraction of sp³-hybridized carbons (Fsp3) is 0.312. The van der Waals surface area contributed by atoms with Crippen LogP contribution in [-0.4, -0.2) is 26.2 Å². The summed E-state index contributed by atoms with van der Waals surface area (Å²) in [6.07, 6.45) is 1.47. The lowest BCUT2D eigenvalue weighted by molar-refractivity contribution is 0.0941. The van der Waals surface area contributed by atoms with Crippen molar-refractivity contribution in [2.45, 2.75) is 12.8 Å². The molecule has 5 heteroatoms. The molecule has 1 aliphatic rings. The summed E-state index contributed by atoms with van der Waals surface area (Å²) in [5, 5.41) is 2.82. The first-order valence-corrected chi connectivity index (χ1v) is 7.70. The van der Waals surface area contributed by atoms with Gasteiger partial charge in [0.1, 0.15) is 5.82 Å². The molecule has 0 fully saturated rings. The predicted molar refractivity (Wildman–Crippen MR) is 81.3 cm³/mol. The normalized spacial score (nSPS) is 12.7. The van der Waals surface area contributed by atoms with Gasteiger partial charge in [0.15, 0.2) is 0 Å². The van der Waals surface area contributed by atoms with Crippen LogP contribution in [0, 0.1) is 5.82 Å². The van der Waals surface area contributed by atoms with Gasteiger partial charge in [0.05, 0.1) is 11.5 Å². The van der Waals surface area contributed by atoms with E-state index in [2.05, 4.69) is 5.32 Å². The number of carbonyl (C=O) groups excluding carboxylic acids is 1. The van der Waals surface area contributed by atoms with Crippen LogP contribution in [0.25, 0.3) is 10.4 Å². The minimum atomic E-state index is -0.155. The van der Waals surface area contributed by atoms with Gasteiger partial charge < -0.3 is 10.1 Å². The van der Waals surface area contributed by atoms with Crippen molar-refractivity contribution in [3.8, 4) is 10.4 Å². The van der Waals surface area contributed by atoms with Crippen molar-refractivity contribution in [2.75, 3.05) is 20.3 Å². The van der Waals surface area contributed by atoms with Crippen molar-refractivity contribution in [2.24, 2.45) is 0 Å². The molecule has 21 heavy (non-hydrogen) atoms. The molecule has 2 aromatic rings. The first-order valence-electron chi connectivity index (χ1n) is 6.88. The molecule has 1 N–H and O–H groups in total. The lowest BCUT2D eigenvalue weighted by Gasteiger charge is -2.16. The SMILES string of the molecule is COCCNC(=O)c1cc2c(s1)-c1cccc(F)c1CC2. The highest BCUT2D eigenvalue weighted by Gasteiger charge is 2.23. The van der Waals surface area contributed by atoms with Gasteiger partial charge in [0.2, 0.25) is 0 Å². The highest BCUT2D eigenvalue weighted by atomic mass is 32.1. The number of halogens is 1. The monoisotopic (exact) mass is 305 g/mol. The van der Waals surface area contributed by atoms with Crippen molar-refractivity contribution >= 4 is 17.2 Å². The molecule has 0 bridgehead atoms. The molecular weight excluding hydrogens is 289 g/mol. The van der Waals surface area contributed by atoms with Crippen molar-refractivity contribution in [3.05, 3.63) is 46.1 Å². The summed E-state index contributed by atoms with van der Waals surface area (Å²) < 4.78 is 18.8. The number of ether oxygens (including phenoxy) is 1. The number of fused-ring (bicyclic) bond motifs is 3. The van der Waals surface area contributed by atoms with E-state index < -0.39 is 0 Å². The zero-order valence-electron chi connectivity index (χ0n) is 11.7. The molecule has 1 aromatic heterocycles. The maximum atomic E-state index is 13.8. The molecule has 1 aliphatic carbocycles. The molecule has 1 amide bonds. The van der Waals surface area contributed by atoms with Gasteiger partial charge in [-0.1, -0.05) is 12.1 Å². The van der Waals surface area contributed by atoms with Crippen LogP contribution in [0.4, 0.5) is 4.39 Å². The number of thiophene rings is 1. The minimum Gasteiger partial charge on any atom is -0.383 e. The number of aryl methyl sites for hydroxylation is 1. The smallest absolute Gasteiger partial charge is 0.261 e. The highest BCUT2D eigenvalue weighted by Crippen LogP contribution is 2.40. The van der Waals surface area contributed by atoms with Crippen LogP contribution in [0.1, 0.15) is 20.8 Å². The number of benzene rings is 1. The highest BCUT2D eigenvalue weighted by molar-refractivity contribution is 7.17. The summed E-state index contributed by atoms with van der Waals surface area (Å²) in [5.41, 5.74) is 2.82. The van der Waals surface area contributed by atoms with E-state index >= 15 is 0 Å². The third kappa shape index (κ3) is 2.71. The summed E-state index contributed by atoms with van der Waals surface area (Å²) in [5.74, 6) is -0.248. The molecule has 0 radical (unpaired) electrons. The quantitative estimate of drug-likeness (QED) is 0.882. The van der Waals surface area contributed by atoms with Gasteiger partial charge in [-0.15, -0.1) is 11.3 Å². The van der Waals surface area contributed by atoms with Crippen LogP contribution in [-0.2, 0) is 17.6 Å². The largest absolute Gasteiger partial charge is 0.383 e. The summed E-state index contributed by atoms with van der Waals surface area (Å²) in [6, 6.07) is 7.08. The number of methoxy groups -OCH3 is 1. The lowest BCUT2D eigenvalue weighted by atomic mass is 9.91. The Kier molecular flexibility index (Phi) is 4.03. The van der Waals surface area contributed by atoms with Crippen LogP contribution in [0.15, 0.2) is 24.3 Å². The van der Waals surface area contributed by atoms with E-state index in [1.54, 1.807) is 13.2 Å². The van der Waals surface area contributed by atoms with Crippen LogP contribution < -0.4 is 5.32 Å². The standard InChI is InChI=1S/C16H16FNO2S/c1-20-8-7-18-16(19)14-9-10-5-6-11-12(15(10)21-14)3-2-4-13(11)17/h2-4,9H,5-8H2,1H3,(H,18,19). The van der Waals surface area contributed by atoms with E-state index in [4.69, 9.17) is 4.74 Å². The summed E-state index contributed by atoms with van der Waals surface area (Å²) >= 11 is 1.43. The van der Waals surface area contributed by atoms with E-state index in [0.29, 0.717) is 24.4 Å². The number of rotatable bonds is 4. The molecule has 0 atom stereocenters. The number of nitrogens with one attached hydrogen (secondary N) is 1. The average Bonchev–Trinajstić information content (AvgIpc) is 2.92. The van der Waals surface area contributed by atoms with E-state index in [0.717, 1.165) is 28.0 Å². The summed E-state index contributed by atoms with van der Waals surface area (Å²) in [7, 11) is 1.60. The van der Waals surface area contributed by atoms with Gasteiger partial charge in [-0.05, 0) is 41.7 Å². The van der Waals surface area contributed by atoms with Crippen molar-refractivity contribution in [1.82, 2.24) is 5.32 Å². The third-order valence-corrected chi connectivity index (χ3v) is 4.84. The second kappa shape index (κ2) is 5.95. The van der Waals surface area contributed by atoms with E-state index in [1.165, 1.54) is 17.4 Å². The van der Waals surface area contributed by atoms with Crippen LogP contribution in [0.5, 0.6) is 0 Å². The van der Waals surface area contributed by atoms with Gasteiger partial charge >= 0.3 is 0 Å². The Morgan fingerprint density at radius 3 is 3.10 bits per heavy atom. The average molecular weight is 305 g/mol. The van der Waals surface area contributed by atoms with Crippen LogP contribution >= 0.6 is 11.3 Å². The summed E-state index contributed by atoms with van der Waals surface area (Å²) in [4.78, 5) is 13.8. The Morgan fingerprint density at radius 2 is 2.29 bits per heavy atom. The second-order valence-corrected chi connectivity index (χ2v) is 6.03. The molecular formula is C16H16FNO2S. The minimum absolute atomic E-state index is 0.0931. The van der Waals surface area contributed by atoms with E-state index in [1.807, 2.05) is 12.1 Å². The second-order valence-electron chi connectivity index (χ2n) is 4.98. The van der Waals surface area contributed by atoms with Crippen molar-refractivity contribution < 1.29 is 13.9 Å². The number of amides is 1. The topological polar surface area (TPSA) is 38.3 Å². The molecule has 110 valence electrons. The summed E-state index contributed by atoms with van der Waals surface area (Å²) in [6.45, 7) is 0.980. The van der Waals surface area contributed by atoms with Gasteiger partial charge in [0, 0.05) is 18.5 Å². The molecule has 0 saturated heterocycles. The number of hydrogen-bond acceptors (Lipinski definition) is 3. The molecule has 3 rings (SSSR count). The Hall–Kier alpha value is -1.72. The zero-order chi connectivity index (χ0) is 14.8. The Labute approximate surface area is 126 Å². The molecule has 1 heterocycles. The Bertz CT molecular complexity index is 681. The third-order valence-electron chi connectivity index (χ3n) is 3.63. The van der Waals surface area contributed by atoms with Gasteiger partial charge in [-0.3, -0.25) is 4.79 Å². The maximum Gasteiger partial charge on any atom is 0.261 e. The molecule has 0 unspecified atom stereocenters. The van der Waals surface area contributed by atoms with E-state index in [-0.39, 0.29) is 11.7 Å². The van der Waals surface area contributed by atoms with Gasteiger partial charge in [-0.2, -0.15) is 0 Å². The fourth-order valence-electron chi connectivity index (χ4n) is 2.59. The van der Waals surface area contributed by atoms with Crippen LogP contribution in [0.3, 0.4) is 0 Å². The first kappa shape index (κ1) is 14.2. The van der Waals surface area contributed by atoms with Crippen molar-refractivity contribution in [3.63, 3.8) is 0 Å². The van der Waals surface area contributed by atoms with Gasteiger partial charge in [-0.25, -0.2) is 4.39 Å². The molecule has 3 nitrogen and oxygen atoms in total. The van der Waals surface area contributed by atoms with Gasteiger partial charge in [0.25, 0.3) is 5.91 Å². The Balaban J connectivity index is 1.89. The first-order chi connectivity index (χ1) is 10.2. The maximum absolute atomic E-state index is 13.8. The number of hydrogen-bond donors (Lipinski definition) is 1.